The number of carbonyl (C=O) groups excluding carboxylic acids is 1. The number of fused-ring (bicyclic) bond motifs is 3. The second-order valence-electron chi connectivity index (χ2n) is 9.29. The van der Waals surface area contributed by atoms with E-state index < -0.39 is 6.04 Å². The number of aliphatic hydroxyl groups is 1. The molecular formula is C27H28FN5O3. The molecule has 1 saturated heterocycles. The Morgan fingerprint density at radius 3 is 2.61 bits per heavy atom. The van der Waals surface area contributed by atoms with Gasteiger partial charge in [0, 0.05) is 67.3 Å². The minimum Gasteiger partial charge on any atom is -0.396 e. The van der Waals surface area contributed by atoms with Crippen LogP contribution in [-0.4, -0.2) is 43.1 Å². The zero-order chi connectivity index (χ0) is 25.2. The third-order valence-corrected chi connectivity index (χ3v) is 7.19. The topological polar surface area (TPSA) is 100 Å². The number of benzene rings is 1. The molecule has 4 heterocycles. The first-order valence-electron chi connectivity index (χ1n) is 12.0. The van der Waals surface area contributed by atoms with Gasteiger partial charge in [0.1, 0.15) is 12.1 Å². The molecule has 0 saturated carbocycles. The zero-order valence-corrected chi connectivity index (χ0v) is 19.9. The fraction of sp³-hybridized carbons (Fsp3) is 0.333. The number of likely N-dealkylation sites (tertiary alicyclic amines) is 1. The summed E-state index contributed by atoms with van der Waals surface area (Å²) < 4.78 is 15.0. The lowest BCUT2D eigenvalue weighted by Gasteiger charge is -2.30. The quantitative estimate of drug-likeness (QED) is 0.528. The van der Waals surface area contributed by atoms with Crippen molar-refractivity contribution in [1.29, 1.82) is 0 Å². The lowest BCUT2D eigenvalue weighted by molar-refractivity contribution is -0.128. The van der Waals surface area contributed by atoms with Crippen LogP contribution in [-0.2, 0) is 24.4 Å². The Labute approximate surface area is 208 Å². The van der Waals surface area contributed by atoms with Crippen molar-refractivity contribution in [3.05, 3.63) is 99.8 Å². The number of hydrogen-bond donors (Lipinski definition) is 2. The number of nitrogens with one attached hydrogen (secondary N) is 1. The molecular weight excluding hydrogens is 461 g/mol. The van der Waals surface area contributed by atoms with Gasteiger partial charge in [0.2, 0.25) is 5.91 Å². The number of aromatic nitrogens is 3. The highest BCUT2D eigenvalue weighted by Gasteiger charge is 2.55. The number of aliphatic hydroxyl groups excluding tert-OH is 1. The molecule has 1 aromatic carbocycles. The van der Waals surface area contributed by atoms with E-state index in [2.05, 4.69) is 20.2 Å². The van der Waals surface area contributed by atoms with Gasteiger partial charge in [-0.2, -0.15) is 0 Å². The lowest BCUT2D eigenvalue weighted by Crippen LogP contribution is -2.48. The second-order valence-corrected chi connectivity index (χ2v) is 9.29. The van der Waals surface area contributed by atoms with Crippen molar-refractivity contribution in [1.82, 2.24) is 24.8 Å². The molecule has 4 atom stereocenters. The first kappa shape index (κ1) is 24.0. The van der Waals surface area contributed by atoms with E-state index in [1.807, 2.05) is 25.1 Å². The first-order valence-corrected chi connectivity index (χ1v) is 12.0. The average molecular weight is 490 g/mol. The number of amides is 1. The van der Waals surface area contributed by atoms with Crippen molar-refractivity contribution >= 4 is 12.0 Å². The van der Waals surface area contributed by atoms with Crippen LogP contribution in [0, 0.1) is 17.7 Å². The molecule has 0 unspecified atom stereocenters. The molecule has 0 bridgehead atoms. The molecule has 2 aliphatic heterocycles. The number of pyridine rings is 1. The van der Waals surface area contributed by atoms with Crippen LogP contribution >= 0.6 is 0 Å². The molecule has 2 aromatic heterocycles. The third-order valence-electron chi connectivity index (χ3n) is 7.19. The highest BCUT2D eigenvalue weighted by atomic mass is 19.1. The van der Waals surface area contributed by atoms with Gasteiger partial charge in [0.25, 0.3) is 5.56 Å². The lowest BCUT2D eigenvalue weighted by atomic mass is 9.88. The van der Waals surface area contributed by atoms with E-state index in [1.54, 1.807) is 35.2 Å². The zero-order valence-electron chi connectivity index (χ0n) is 19.9. The Bertz CT molecular complexity index is 1330. The summed E-state index contributed by atoms with van der Waals surface area (Å²) >= 11 is 0. The number of halogens is 1. The van der Waals surface area contributed by atoms with Crippen LogP contribution in [0.1, 0.15) is 35.3 Å². The van der Waals surface area contributed by atoms with E-state index in [0.29, 0.717) is 18.7 Å². The van der Waals surface area contributed by atoms with Crippen molar-refractivity contribution in [2.24, 2.45) is 11.8 Å². The van der Waals surface area contributed by atoms with Crippen LogP contribution in [0.5, 0.6) is 0 Å². The summed E-state index contributed by atoms with van der Waals surface area (Å²) in [6, 6.07) is 8.90. The summed E-state index contributed by atoms with van der Waals surface area (Å²) in [7, 11) is 0. The maximum atomic E-state index is 13.6. The Morgan fingerprint density at radius 1 is 1.17 bits per heavy atom. The number of allylic oxidation sites excluding steroid dienone is 1. The Hall–Kier alpha value is -3.69. The molecule has 9 heteroatoms. The summed E-state index contributed by atoms with van der Waals surface area (Å²) in [6.07, 6.45) is 8.49. The number of nitrogens with zero attached hydrogens (tertiary/aromatic N) is 4. The van der Waals surface area contributed by atoms with Crippen LogP contribution in [0.15, 0.2) is 66.0 Å². The number of rotatable bonds is 7. The average Bonchev–Trinajstić information content (AvgIpc) is 3.41. The molecule has 3 aromatic rings. The highest BCUT2D eigenvalue weighted by Crippen LogP contribution is 2.49. The largest absolute Gasteiger partial charge is 0.396 e. The predicted octanol–water partition coefficient (Wildman–Crippen LogP) is 2.29. The van der Waals surface area contributed by atoms with Gasteiger partial charge in [-0.25, -0.2) is 14.4 Å². The summed E-state index contributed by atoms with van der Waals surface area (Å²) in [4.78, 5) is 37.0. The normalized spacial score (nSPS) is 23.1. The van der Waals surface area contributed by atoms with E-state index in [0.717, 1.165) is 16.8 Å². The van der Waals surface area contributed by atoms with E-state index in [4.69, 9.17) is 0 Å². The molecule has 2 N–H and O–H groups in total. The fourth-order valence-corrected chi connectivity index (χ4v) is 5.63. The van der Waals surface area contributed by atoms with Gasteiger partial charge < -0.3 is 15.0 Å². The smallest absolute Gasteiger partial charge is 0.258 e. The molecule has 5 rings (SSSR count). The second kappa shape index (κ2) is 10.1. The van der Waals surface area contributed by atoms with Gasteiger partial charge >= 0.3 is 0 Å². The van der Waals surface area contributed by atoms with Crippen molar-refractivity contribution < 1.29 is 14.3 Å². The Balaban J connectivity index is 1.49. The van der Waals surface area contributed by atoms with Crippen molar-refractivity contribution in [2.45, 2.75) is 38.6 Å². The first-order chi connectivity index (χ1) is 17.5. The van der Waals surface area contributed by atoms with E-state index in [9.17, 15) is 19.1 Å². The van der Waals surface area contributed by atoms with Crippen LogP contribution in [0.25, 0.3) is 6.08 Å². The predicted molar refractivity (Wildman–Crippen MR) is 132 cm³/mol. The Kier molecular flexibility index (Phi) is 6.75. The van der Waals surface area contributed by atoms with Gasteiger partial charge in [-0.15, -0.1) is 0 Å². The Morgan fingerprint density at radius 2 is 1.92 bits per heavy atom. The number of hydrogen-bond acceptors (Lipinski definition) is 6. The van der Waals surface area contributed by atoms with Crippen LogP contribution in [0.3, 0.4) is 0 Å². The van der Waals surface area contributed by atoms with Crippen LogP contribution in [0.4, 0.5) is 4.39 Å². The SMILES string of the molecule is C/C=C/c1ccc2n(c1=O)C[C@@H]1[C@@H](CO)[C@H](C(=O)NCc3ccc(F)cc3)N(Cc3cncnc3)[C@H]21. The summed E-state index contributed by atoms with van der Waals surface area (Å²) in [5.41, 5.74) is 2.98. The van der Waals surface area contributed by atoms with Gasteiger partial charge in [-0.3, -0.25) is 14.5 Å². The third kappa shape index (κ3) is 4.36. The van der Waals surface area contributed by atoms with Gasteiger partial charge in [-0.1, -0.05) is 24.3 Å². The maximum Gasteiger partial charge on any atom is 0.258 e. The van der Waals surface area contributed by atoms with E-state index in [-0.39, 0.29) is 48.3 Å². The van der Waals surface area contributed by atoms with Gasteiger partial charge in [0.15, 0.2) is 0 Å². The summed E-state index contributed by atoms with van der Waals surface area (Å²) in [6.45, 7) is 2.74. The minimum atomic E-state index is -0.621. The van der Waals surface area contributed by atoms with Crippen molar-refractivity contribution in [3.8, 4) is 0 Å². The monoisotopic (exact) mass is 489 g/mol. The standard InChI is InChI=1S/C27H28FN5O3/c1-2-3-19-6-9-23-24-21(14-32(23)27(19)36)22(15-34)25(33(24)13-18-10-29-16-30-11-18)26(35)31-12-17-4-7-20(28)8-5-17/h2-11,16,21-22,24-25,34H,12-15H2,1H3,(H,31,35)/b3-2+/t21-,22-,24+,25-/m1/s1. The van der Waals surface area contributed by atoms with Gasteiger partial charge in [0.05, 0.1) is 12.1 Å². The highest BCUT2D eigenvalue weighted by molar-refractivity contribution is 5.82. The molecule has 0 aliphatic carbocycles. The molecule has 1 fully saturated rings. The van der Waals surface area contributed by atoms with Crippen LogP contribution < -0.4 is 10.9 Å². The molecule has 0 radical (unpaired) electrons. The molecule has 36 heavy (non-hydrogen) atoms. The molecule has 8 nitrogen and oxygen atoms in total. The van der Waals surface area contributed by atoms with Gasteiger partial charge in [-0.05, 0) is 36.8 Å². The van der Waals surface area contributed by atoms with E-state index >= 15 is 0 Å². The molecule has 186 valence electrons. The van der Waals surface area contributed by atoms with E-state index in [1.165, 1.54) is 18.5 Å². The summed E-state index contributed by atoms with van der Waals surface area (Å²) in [5.74, 6) is -1.05. The van der Waals surface area contributed by atoms with Crippen molar-refractivity contribution in [3.63, 3.8) is 0 Å². The fourth-order valence-electron chi connectivity index (χ4n) is 5.63. The molecule has 1 amide bonds. The summed E-state index contributed by atoms with van der Waals surface area (Å²) in [5, 5.41) is 13.4. The number of carbonyl (C=O) groups is 1. The minimum absolute atomic E-state index is 0.0722. The molecule has 2 aliphatic rings. The molecule has 0 spiro atoms. The van der Waals surface area contributed by atoms with Crippen LogP contribution in [0.2, 0.25) is 0 Å². The van der Waals surface area contributed by atoms with Crippen molar-refractivity contribution in [2.75, 3.05) is 6.61 Å². The maximum absolute atomic E-state index is 13.6.